The van der Waals surface area contributed by atoms with Crippen LogP contribution >= 0.6 is 0 Å². The molecular weight excluding hydrogens is 150 g/mol. The van der Waals surface area contributed by atoms with Crippen molar-refractivity contribution in [2.24, 2.45) is 0 Å². The smallest absolute Gasteiger partial charge is 0.131 e. The summed E-state index contributed by atoms with van der Waals surface area (Å²) in [4.78, 5) is 0. The third-order valence-corrected chi connectivity index (χ3v) is 1.39. The van der Waals surface area contributed by atoms with Gasteiger partial charge in [-0.05, 0) is 25.1 Å². The Morgan fingerprint density at radius 2 is 2.17 bits per heavy atom. The Balaban J connectivity index is 3.25. The lowest BCUT2D eigenvalue weighted by molar-refractivity contribution is 0.473. The van der Waals surface area contributed by atoms with E-state index in [1.807, 2.05) is 6.07 Å². The molecule has 2 nitrogen and oxygen atoms in total. The molecule has 0 radical (unpaired) electrons. The van der Waals surface area contributed by atoms with Gasteiger partial charge in [0.05, 0.1) is 17.2 Å². The van der Waals surface area contributed by atoms with Crippen molar-refractivity contribution in [3.8, 4) is 23.7 Å². The molecule has 1 rings (SSSR count). The average Bonchev–Trinajstić information content (AvgIpc) is 2.09. The van der Waals surface area contributed by atoms with E-state index in [1.165, 1.54) is 6.07 Å². The van der Waals surface area contributed by atoms with E-state index in [4.69, 9.17) is 5.26 Å². The standard InChI is InChI=1S/C10H7NO/c1-2-3-9-6-8(7-11)4-5-10(9)12/h4-6,12H,1H3. The Kier molecular flexibility index (Phi) is 2.35. The van der Waals surface area contributed by atoms with Crippen LogP contribution < -0.4 is 0 Å². The number of nitrogens with zero attached hydrogens (tertiary/aromatic N) is 1. The van der Waals surface area contributed by atoms with Crippen LogP contribution in [0.1, 0.15) is 18.1 Å². The first-order valence-electron chi connectivity index (χ1n) is 3.44. The summed E-state index contributed by atoms with van der Waals surface area (Å²) in [6.45, 7) is 1.68. The Bertz CT molecular complexity index is 391. The zero-order valence-corrected chi connectivity index (χ0v) is 6.63. The molecule has 1 aromatic rings. The monoisotopic (exact) mass is 157 g/mol. The maximum absolute atomic E-state index is 9.25. The summed E-state index contributed by atoms with van der Waals surface area (Å²) in [5.41, 5.74) is 1.00. The fourth-order valence-electron chi connectivity index (χ4n) is 0.840. The van der Waals surface area contributed by atoms with Crippen molar-refractivity contribution >= 4 is 0 Å². The Morgan fingerprint density at radius 1 is 1.42 bits per heavy atom. The van der Waals surface area contributed by atoms with E-state index >= 15 is 0 Å². The molecule has 0 amide bonds. The first kappa shape index (κ1) is 8.17. The van der Waals surface area contributed by atoms with Gasteiger partial charge in [-0.3, -0.25) is 0 Å². The Hall–Kier alpha value is -1.93. The average molecular weight is 157 g/mol. The molecule has 0 aliphatic rings. The van der Waals surface area contributed by atoms with Gasteiger partial charge in [-0.25, -0.2) is 0 Å². The van der Waals surface area contributed by atoms with Gasteiger partial charge < -0.3 is 5.11 Å². The van der Waals surface area contributed by atoms with Gasteiger partial charge in [-0.1, -0.05) is 5.92 Å². The second-order valence-electron chi connectivity index (χ2n) is 2.22. The summed E-state index contributed by atoms with van der Waals surface area (Å²) < 4.78 is 0. The molecule has 0 saturated heterocycles. The van der Waals surface area contributed by atoms with Gasteiger partial charge in [0.25, 0.3) is 0 Å². The van der Waals surface area contributed by atoms with Crippen LogP contribution in [-0.2, 0) is 0 Å². The van der Waals surface area contributed by atoms with Crippen LogP contribution in [0.4, 0.5) is 0 Å². The molecule has 12 heavy (non-hydrogen) atoms. The molecular formula is C10H7NO. The SMILES string of the molecule is CC#Cc1cc(C#N)ccc1O. The van der Waals surface area contributed by atoms with Gasteiger partial charge in [0.2, 0.25) is 0 Å². The van der Waals surface area contributed by atoms with Crippen molar-refractivity contribution in [3.63, 3.8) is 0 Å². The molecule has 0 aliphatic carbocycles. The Morgan fingerprint density at radius 3 is 2.75 bits per heavy atom. The van der Waals surface area contributed by atoms with Gasteiger partial charge >= 0.3 is 0 Å². The first-order chi connectivity index (χ1) is 5.77. The van der Waals surface area contributed by atoms with Gasteiger partial charge in [-0.2, -0.15) is 5.26 Å². The van der Waals surface area contributed by atoms with Crippen LogP contribution in [0.3, 0.4) is 0 Å². The lowest BCUT2D eigenvalue weighted by Crippen LogP contribution is -1.79. The quantitative estimate of drug-likeness (QED) is 0.582. The number of benzene rings is 1. The molecule has 0 saturated carbocycles. The largest absolute Gasteiger partial charge is 0.507 e. The summed E-state index contributed by atoms with van der Waals surface area (Å²) in [6.07, 6.45) is 0. The molecule has 0 heterocycles. The molecule has 0 fully saturated rings. The zero-order chi connectivity index (χ0) is 8.97. The number of nitriles is 1. The molecule has 1 aromatic carbocycles. The van der Waals surface area contributed by atoms with Crippen LogP contribution in [0.2, 0.25) is 0 Å². The highest BCUT2D eigenvalue weighted by Gasteiger charge is 1.98. The highest BCUT2D eigenvalue weighted by Crippen LogP contribution is 2.16. The molecule has 0 spiro atoms. The lowest BCUT2D eigenvalue weighted by Gasteiger charge is -1.95. The molecule has 0 aliphatic heterocycles. The third-order valence-electron chi connectivity index (χ3n) is 1.39. The maximum atomic E-state index is 9.25. The number of rotatable bonds is 0. The summed E-state index contributed by atoms with van der Waals surface area (Å²) in [5.74, 6) is 5.47. The highest BCUT2D eigenvalue weighted by molar-refractivity contribution is 5.49. The van der Waals surface area contributed by atoms with Gasteiger partial charge in [-0.15, -0.1) is 5.92 Å². The summed E-state index contributed by atoms with van der Waals surface area (Å²) in [5, 5.41) is 17.8. The molecule has 0 aromatic heterocycles. The molecule has 0 bridgehead atoms. The maximum Gasteiger partial charge on any atom is 0.131 e. The van der Waals surface area contributed by atoms with Crippen molar-refractivity contribution in [1.82, 2.24) is 0 Å². The topological polar surface area (TPSA) is 44.0 Å². The van der Waals surface area contributed by atoms with Crippen LogP contribution in [-0.4, -0.2) is 5.11 Å². The second-order valence-corrected chi connectivity index (χ2v) is 2.22. The molecule has 1 N–H and O–H groups in total. The fraction of sp³-hybridized carbons (Fsp3) is 0.100. The van der Waals surface area contributed by atoms with Crippen LogP contribution in [0.5, 0.6) is 5.75 Å². The van der Waals surface area contributed by atoms with E-state index in [0.29, 0.717) is 11.1 Å². The normalized spacial score (nSPS) is 8.00. The number of phenolic OH excluding ortho intramolecular Hbond substituents is 1. The van der Waals surface area contributed by atoms with Crippen LogP contribution in [0.25, 0.3) is 0 Å². The molecule has 58 valence electrons. The first-order valence-corrected chi connectivity index (χ1v) is 3.44. The van der Waals surface area contributed by atoms with E-state index in [1.54, 1.807) is 19.1 Å². The summed E-state index contributed by atoms with van der Waals surface area (Å²) >= 11 is 0. The minimum atomic E-state index is 0.114. The summed E-state index contributed by atoms with van der Waals surface area (Å²) in [6, 6.07) is 6.56. The van der Waals surface area contributed by atoms with E-state index in [-0.39, 0.29) is 5.75 Å². The van der Waals surface area contributed by atoms with E-state index < -0.39 is 0 Å². The third kappa shape index (κ3) is 1.56. The predicted octanol–water partition coefficient (Wildman–Crippen LogP) is 1.64. The van der Waals surface area contributed by atoms with E-state index in [0.717, 1.165) is 0 Å². The summed E-state index contributed by atoms with van der Waals surface area (Å²) in [7, 11) is 0. The second kappa shape index (κ2) is 3.46. The van der Waals surface area contributed by atoms with Gasteiger partial charge in [0, 0.05) is 0 Å². The van der Waals surface area contributed by atoms with Crippen molar-refractivity contribution in [1.29, 1.82) is 5.26 Å². The zero-order valence-electron chi connectivity index (χ0n) is 6.63. The van der Waals surface area contributed by atoms with Crippen molar-refractivity contribution in [2.75, 3.05) is 0 Å². The van der Waals surface area contributed by atoms with Crippen LogP contribution in [0.15, 0.2) is 18.2 Å². The van der Waals surface area contributed by atoms with Gasteiger partial charge in [0.1, 0.15) is 5.75 Å². The number of hydrogen-bond donors (Lipinski definition) is 1. The molecule has 0 atom stereocenters. The van der Waals surface area contributed by atoms with Gasteiger partial charge in [0.15, 0.2) is 0 Å². The predicted molar refractivity (Wildman–Crippen MR) is 45.4 cm³/mol. The van der Waals surface area contributed by atoms with Crippen molar-refractivity contribution in [2.45, 2.75) is 6.92 Å². The Labute approximate surface area is 71.1 Å². The fourth-order valence-corrected chi connectivity index (χ4v) is 0.840. The molecule has 0 unspecified atom stereocenters. The van der Waals surface area contributed by atoms with Crippen molar-refractivity contribution < 1.29 is 5.11 Å². The number of hydrogen-bond acceptors (Lipinski definition) is 2. The molecule has 2 heteroatoms. The van der Waals surface area contributed by atoms with Crippen LogP contribution in [0, 0.1) is 23.2 Å². The highest BCUT2D eigenvalue weighted by atomic mass is 16.3. The number of phenols is 1. The minimum absolute atomic E-state index is 0.114. The van der Waals surface area contributed by atoms with Crippen molar-refractivity contribution in [3.05, 3.63) is 29.3 Å². The van der Waals surface area contributed by atoms with E-state index in [2.05, 4.69) is 11.8 Å². The van der Waals surface area contributed by atoms with E-state index in [9.17, 15) is 5.11 Å². The number of aromatic hydroxyl groups is 1. The lowest BCUT2D eigenvalue weighted by atomic mass is 10.1. The minimum Gasteiger partial charge on any atom is -0.507 e.